The van der Waals surface area contributed by atoms with Crippen molar-refractivity contribution in [1.29, 1.82) is 0 Å². The number of esters is 1. The van der Waals surface area contributed by atoms with Crippen LogP contribution in [0, 0.1) is 0 Å². The molecule has 2 aromatic rings. The lowest BCUT2D eigenvalue weighted by Gasteiger charge is -2.09. The fourth-order valence-corrected chi connectivity index (χ4v) is 1.94. The van der Waals surface area contributed by atoms with E-state index in [0.717, 1.165) is 11.3 Å². The molecule has 0 radical (unpaired) electrons. The van der Waals surface area contributed by atoms with Crippen LogP contribution < -0.4 is 20.1 Å². The quantitative estimate of drug-likeness (QED) is 0.657. The number of anilines is 1. The summed E-state index contributed by atoms with van der Waals surface area (Å²) in [5, 5.41) is 5.43. The molecule has 2 N–H and O–H groups in total. The van der Waals surface area contributed by atoms with E-state index >= 15 is 0 Å². The van der Waals surface area contributed by atoms with E-state index in [2.05, 4.69) is 10.6 Å². The molecule has 0 heterocycles. The molecule has 2 amide bonds. The van der Waals surface area contributed by atoms with Crippen LogP contribution in [0.4, 0.5) is 10.5 Å². The van der Waals surface area contributed by atoms with Gasteiger partial charge in [-0.1, -0.05) is 18.2 Å². The van der Waals surface area contributed by atoms with E-state index in [4.69, 9.17) is 9.47 Å². The van der Waals surface area contributed by atoms with Gasteiger partial charge in [-0.3, -0.25) is 4.79 Å². The van der Waals surface area contributed by atoms with Crippen molar-refractivity contribution >= 4 is 17.7 Å². The van der Waals surface area contributed by atoms with Crippen molar-refractivity contribution in [2.75, 3.05) is 12.4 Å². The number of carbonyl (C=O) groups is 2. The zero-order chi connectivity index (χ0) is 16.7. The van der Waals surface area contributed by atoms with Crippen molar-refractivity contribution in [2.45, 2.75) is 13.5 Å². The molecule has 2 rings (SSSR count). The van der Waals surface area contributed by atoms with E-state index in [0.29, 0.717) is 18.0 Å². The molecule has 0 spiro atoms. The van der Waals surface area contributed by atoms with Crippen LogP contribution in [0.1, 0.15) is 12.5 Å². The number of rotatable bonds is 5. The molecule has 0 aromatic heterocycles. The number of ether oxygens (including phenoxy) is 2. The third-order valence-electron chi connectivity index (χ3n) is 2.94. The first-order chi connectivity index (χ1) is 11.1. The van der Waals surface area contributed by atoms with Gasteiger partial charge in [0.2, 0.25) is 0 Å². The maximum Gasteiger partial charge on any atom is 0.319 e. The van der Waals surface area contributed by atoms with Crippen molar-refractivity contribution in [2.24, 2.45) is 0 Å². The zero-order valence-electron chi connectivity index (χ0n) is 13.0. The second kappa shape index (κ2) is 7.84. The van der Waals surface area contributed by atoms with Crippen LogP contribution in [0.5, 0.6) is 11.5 Å². The molecule has 0 saturated heterocycles. The van der Waals surface area contributed by atoms with Gasteiger partial charge in [-0.05, 0) is 29.8 Å². The summed E-state index contributed by atoms with van der Waals surface area (Å²) < 4.78 is 10.1. The monoisotopic (exact) mass is 314 g/mol. The first kappa shape index (κ1) is 16.4. The van der Waals surface area contributed by atoms with E-state index < -0.39 is 5.97 Å². The smallest absolute Gasteiger partial charge is 0.319 e. The molecule has 23 heavy (non-hydrogen) atoms. The minimum atomic E-state index is -0.412. The van der Waals surface area contributed by atoms with Crippen molar-refractivity contribution < 1.29 is 19.1 Å². The second-order valence-electron chi connectivity index (χ2n) is 4.78. The maximum atomic E-state index is 11.9. The number of urea groups is 1. The molecule has 0 aliphatic carbocycles. The van der Waals surface area contributed by atoms with Gasteiger partial charge in [0.25, 0.3) is 0 Å². The zero-order valence-corrected chi connectivity index (χ0v) is 13.0. The Morgan fingerprint density at radius 2 is 1.78 bits per heavy atom. The molecular formula is C17H18N2O4. The highest BCUT2D eigenvalue weighted by atomic mass is 16.5. The number of amides is 2. The second-order valence-corrected chi connectivity index (χ2v) is 4.78. The van der Waals surface area contributed by atoms with Gasteiger partial charge < -0.3 is 20.1 Å². The highest BCUT2D eigenvalue weighted by Crippen LogP contribution is 2.17. The van der Waals surface area contributed by atoms with E-state index in [1.54, 1.807) is 31.4 Å². The van der Waals surface area contributed by atoms with Crippen molar-refractivity contribution in [1.82, 2.24) is 5.32 Å². The summed E-state index contributed by atoms with van der Waals surface area (Å²) in [6.45, 7) is 1.69. The van der Waals surface area contributed by atoms with Crippen LogP contribution in [0.3, 0.4) is 0 Å². The largest absolute Gasteiger partial charge is 0.497 e. The molecule has 2 aromatic carbocycles. The van der Waals surface area contributed by atoms with E-state index in [1.807, 2.05) is 24.3 Å². The number of nitrogens with one attached hydrogen (secondary N) is 2. The van der Waals surface area contributed by atoms with Crippen LogP contribution in [0.2, 0.25) is 0 Å². The molecule has 6 heteroatoms. The Morgan fingerprint density at radius 1 is 1.04 bits per heavy atom. The first-order valence-corrected chi connectivity index (χ1v) is 7.03. The van der Waals surface area contributed by atoms with Gasteiger partial charge in [-0.2, -0.15) is 0 Å². The average Bonchev–Trinajstić information content (AvgIpc) is 2.53. The lowest BCUT2D eigenvalue weighted by atomic mass is 10.2. The average molecular weight is 314 g/mol. The number of hydrogen-bond acceptors (Lipinski definition) is 4. The summed E-state index contributed by atoms with van der Waals surface area (Å²) in [5.41, 5.74) is 1.46. The van der Waals surface area contributed by atoms with Gasteiger partial charge in [0.05, 0.1) is 7.11 Å². The van der Waals surface area contributed by atoms with E-state index in [-0.39, 0.29) is 6.03 Å². The van der Waals surface area contributed by atoms with Gasteiger partial charge in [0, 0.05) is 25.2 Å². The third-order valence-corrected chi connectivity index (χ3v) is 2.94. The first-order valence-electron chi connectivity index (χ1n) is 7.03. The van der Waals surface area contributed by atoms with Gasteiger partial charge >= 0.3 is 12.0 Å². The Kier molecular flexibility index (Phi) is 5.57. The molecular weight excluding hydrogens is 296 g/mol. The number of hydrogen-bond donors (Lipinski definition) is 2. The van der Waals surface area contributed by atoms with Crippen LogP contribution in [0.15, 0.2) is 48.5 Å². The third kappa shape index (κ3) is 5.35. The highest BCUT2D eigenvalue weighted by molar-refractivity contribution is 5.89. The summed E-state index contributed by atoms with van der Waals surface area (Å²) in [7, 11) is 1.59. The summed E-state index contributed by atoms with van der Waals surface area (Å²) in [5.74, 6) is 0.700. The molecule has 0 aliphatic heterocycles. The Morgan fingerprint density at radius 3 is 2.52 bits per heavy atom. The molecule has 0 atom stereocenters. The molecule has 0 fully saturated rings. The minimum absolute atomic E-state index is 0.354. The normalized spacial score (nSPS) is 9.83. The molecule has 0 bridgehead atoms. The van der Waals surface area contributed by atoms with Gasteiger partial charge in [-0.25, -0.2) is 4.79 Å². The highest BCUT2D eigenvalue weighted by Gasteiger charge is 2.04. The van der Waals surface area contributed by atoms with E-state index in [1.165, 1.54) is 6.92 Å². The van der Waals surface area contributed by atoms with Gasteiger partial charge in [-0.15, -0.1) is 0 Å². The molecule has 120 valence electrons. The Bertz CT molecular complexity index is 700. The fraction of sp³-hybridized carbons (Fsp3) is 0.176. The van der Waals surface area contributed by atoms with Gasteiger partial charge in [0.1, 0.15) is 11.5 Å². The minimum Gasteiger partial charge on any atom is -0.497 e. The Balaban J connectivity index is 1.90. The predicted molar refractivity (Wildman–Crippen MR) is 86.6 cm³/mol. The summed E-state index contributed by atoms with van der Waals surface area (Å²) in [6.07, 6.45) is 0. The fourth-order valence-electron chi connectivity index (χ4n) is 1.94. The number of methoxy groups -OCH3 is 1. The summed E-state index contributed by atoms with van der Waals surface area (Å²) in [4.78, 5) is 22.8. The van der Waals surface area contributed by atoms with Crippen molar-refractivity contribution in [3.8, 4) is 11.5 Å². The lowest BCUT2D eigenvalue weighted by molar-refractivity contribution is -0.131. The van der Waals surface area contributed by atoms with Crippen LogP contribution in [0.25, 0.3) is 0 Å². The van der Waals surface area contributed by atoms with Crippen molar-refractivity contribution in [3.63, 3.8) is 0 Å². The molecule has 0 unspecified atom stereocenters. The standard InChI is InChI=1S/C17H18N2O4/c1-12(20)23-16-8-4-6-14(10-16)19-17(21)18-11-13-5-3-7-15(9-13)22-2/h3-10H,11H2,1-2H3,(H2,18,19,21). The lowest BCUT2D eigenvalue weighted by Crippen LogP contribution is -2.28. The SMILES string of the molecule is COc1cccc(CNC(=O)Nc2cccc(OC(C)=O)c2)c1. The number of benzene rings is 2. The number of carbonyl (C=O) groups excluding carboxylic acids is 2. The molecule has 6 nitrogen and oxygen atoms in total. The van der Waals surface area contributed by atoms with Crippen LogP contribution in [-0.4, -0.2) is 19.1 Å². The van der Waals surface area contributed by atoms with Crippen molar-refractivity contribution in [3.05, 3.63) is 54.1 Å². The van der Waals surface area contributed by atoms with Gasteiger partial charge in [0.15, 0.2) is 0 Å². The van der Waals surface area contributed by atoms with Crippen LogP contribution >= 0.6 is 0 Å². The Labute approximate surface area is 134 Å². The predicted octanol–water partition coefficient (Wildman–Crippen LogP) is 2.94. The maximum absolute atomic E-state index is 11.9. The topological polar surface area (TPSA) is 76.7 Å². The Hall–Kier alpha value is -3.02. The molecule has 0 aliphatic rings. The summed E-state index contributed by atoms with van der Waals surface area (Å²) >= 11 is 0. The summed E-state index contributed by atoms with van der Waals surface area (Å²) in [6, 6.07) is 13.7. The van der Waals surface area contributed by atoms with Crippen LogP contribution in [-0.2, 0) is 11.3 Å². The molecule has 0 saturated carbocycles. The van der Waals surface area contributed by atoms with E-state index in [9.17, 15) is 9.59 Å².